The van der Waals surface area contributed by atoms with E-state index in [2.05, 4.69) is 15.5 Å². The highest BCUT2D eigenvalue weighted by Gasteiger charge is 2.84. The summed E-state index contributed by atoms with van der Waals surface area (Å²) in [5.41, 5.74) is -7.10. The van der Waals surface area contributed by atoms with Crippen LogP contribution in [-0.4, -0.2) is 41.9 Å². The van der Waals surface area contributed by atoms with Crippen LogP contribution in [0.3, 0.4) is 0 Å². The van der Waals surface area contributed by atoms with Crippen molar-refractivity contribution in [3.63, 3.8) is 0 Å². The third-order valence-corrected chi connectivity index (χ3v) is 6.67. The zero-order chi connectivity index (χ0) is 20.6. The van der Waals surface area contributed by atoms with Crippen LogP contribution in [0, 0.1) is 22.5 Å². The Morgan fingerprint density at radius 2 is 1.75 bits per heavy atom. The summed E-state index contributed by atoms with van der Waals surface area (Å²) in [6.07, 6.45) is 1.02. The van der Waals surface area contributed by atoms with Gasteiger partial charge >= 0.3 is 0 Å². The fraction of sp³-hybridized carbons (Fsp3) is 0.611. The predicted molar refractivity (Wildman–Crippen MR) is 88.0 cm³/mol. The Morgan fingerprint density at radius 1 is 1.11 bits per heavy atom. The molecule has 1 atom stereocenters. The molecule has 3 fully saturated rings. The van der Waals surface area contributed by atoms with E-state index in [0.29, 0.717) is 6.07 Å². The van der Waals surface area contributed by atoms with Gasteiger partial charge in [-0.3, -0.25) is 0 Å². The van der Waals surface area contributed by atoms with Gasteiger partial charge in [0, 0.05) is 22.5 Å². The van der Waals surface area contributed by atoms with Crippen molar-refractivity contribution >= 4 is 0 Å². The summed E-state index contributed by atoms with van der Waals surface area (Å²) in [6, 6.07) is 2.09. The van der Waals surface area contributed by atoms with Gasteiger partial charge in [-0.1, -0.05) is 0 Å². The minimum Gasteiger partial charge on any atom is -0.390 e. The first-order valence-corrected chi connectivity index (χ1v) is 8.85. The van der Waals surface area contributed by atoms with Crippen molar-refractivity contribution in [1.82, 2.24) is 20.2 Å². The van der Waals surface area contributed by atoms with Crippen LogP contribution in [0.15, 0.2) is 24.5 Å². The zero-order valence-corrected chi connectivity index (χ0v) is 15.3. The quantitative estimate of drug-likeness (QED) is 0.728. The first kappa shape index (κ1) is 19.3. The second kappa shape index (κ2) is 5.50. The van der Waals surface area contributed by atoms with E-state index in [1.807, 2.05) is 0 Å². The number of rotatable bonds is 6. The lowest BCUT2D eigenvalue weighted by molar-refractivity contribution is -0.398. The van der Waals surface area contributed by atoms with Gasteiger partial charge in [0.2, 0.25) is 0 Å². The van der Waals surface area contributed by atoms with Crippen LogP contribution in [0.25, 0.3) is 0 Å². The molecule has 3 aliphatic rings. The second-order valence-corrected chi connectivity index (χ2v) is 8.72. The third-order valence-electron chi connectivity index (χ3n) is 6.67. The van der Waals surface area contributed by atoms with Gasteiger partial charge in [0.25, 0.3) is 5.92 Å². The number of benzene rings is 1. The number of tetrazole rings is 1. The third kappa shape index (κ3) is 2.30. The highest BCUT2D eigenvalue weighted by molar-refractivity contribution is 5.35. The molecule has 0 amide bonds. The van der Waals surface area contributed by atoms with Crippen molar-refractivity contribution < 1.29 is 27.8 Å². The maximum Gasteiger partial charge on any atom is 0.287 e. The van der Waals surface area contributed by atoms with Gasteiger partial charge in [0.1, 0.15) is 18.0 Å². The van der Waals surface area contributed by atoms with E-state index >= 15 is 8.78 Å². The number of hydrogen-bond acceptors (Lipinski definition) is 5. The van der Waals surface area contributed by atoms with E-state index in [4.69, 9.17) is 0 Å². The molecular weight excluding hydrogens is 380 g/mol. The van der Waals surface area contributed by atoms with Crippen molar-refractivity contribution in [3.8, 4) is 0 Å². The minimum atomic E-state index is -3.78. The number of halogens is 4. The molecule has 2 aromatic rings. The maximum absolute atomic E-state index is 15.8. The highest BCUT2D eigenvalue weighted by atomic mass is 19.3. The number of hydrogen-bond donors (Lipinski definition) is 2. The lowest BCUT2D eigenvalue weighted by Crippen LogP contribution is -2.78. The molecule has 0 unspecified atom stereocenters. The van der Waals surface area contributed by atoms with Crippen molar-refractivity contribution in [2.24, 2.45) is 10.8 Å². The summed E-state index contributed by atoms with van der Waals surface area (Å²) in [4.78, 5) is 0. The Balaban J connectivity index is 1.76. The van der Waals surface area contributed by atoms with E-state index in [0.717, 1.165) is 23.1 Å². The van der Waals surface area contributed by atoms with Gasteiger partial charge < -0.3 is 10.2 Å². The number of aromatic nitrogens is 4. The number of nitrogens with zero attached hydrogens (tertiary/aromatic N) is 4. The first-order valence-electron chi connectivity index (χ1n) is 8.85. The Bertz CT molecular complexity index is 893. The highest BCUT2D eigenvalue weighted by Crippen LogP contribution is 2.82. The van der Waals surface area contributed by atoms with Crippen molar-refractivity contribution in [2.45, 2.75) is 56.8 Å². The zero-order valence-electron chi connectivity index (χ0n) is 15.3. The standard InChI is InChI=1S/C18H20F4N4O2/c1-14(2,27)15-6-16(7-15,8-15)18(21,22)17(28,9-26-10-23-24-25-26)12-4-3-11(19)5-13(12)20/h3-5,10,27-28H,6-9H2,1-2H3/t15?,16?,17-/m1/s1. The van der Waals surface area contributed by atoms with Gasteiger partial charge in [0.15, 0.2) is 5.60 Å². The van der Waals surface area contributed by atoms with Crippen molar-refractivity contribution in [2.75, 3.05) is 0 Å². The molecule has 1 heterocycles. The molecule has 3 saturated carbocycles. The number of alkyl halides is 2. The maximum atomic E-state index is 15.8. The van der Waals surface area contributed by atoms with Gasteiger partial charge in [-0.05, 0) is 55.7 Å². The van der Waals surface area contributed by atoms with Crippen molar-refractivity contribution in [1.29, 1.82) is 0 Å². The van der Waals surface area contributed by atoms with Gasteiger partial charge in [-0.2, -0.15) is 0 Å². The van der Waals surface area contributed by atoms with Crippen LogP contribution in [0.1, 0.15) is 38.7 Å². The Morgan fingerprint density at radius 3 is 2.25 bits per heavy atom. The smallest absolute Gasteiger partial charge is 0.287 e. The van der Waals surface area contributed by atoms with Crippen molar-refractivity contribution in [3.05, 3.63) is 41.7 Å². The van der Waals surface area contributed by atoms with E-state index in [9.17, 15) is 19.0 Å². The molecule has 28 heavy (non-hydrogen) atoms. The lowest BCUT2D eigenvalue weighted by atomic mass is 9.28. The molecule has 2 N–H and O–H groups in total. The molecule has 2 bridgehead atoms. The van der Waals surface area contributed by atoms with Crippen LogP contribution in [0.2, 0.25) is 0 Å². The summed E-state index contributed by atoms with van der Waals surface area (Å²) in [6.45, 7) is 2.33. The molecule has 6 nitrogen and oxygen atoms in total. The molecule has 1 aromatic heterocycles. The second-order valence-electron chi connectivity index (χ2n) is 8.72. The minimum absolute atomic E-state index is 0.00275. The molecular formula is C18H20F4N4O2. The average Bonchev–Trinajstić information content (AvgIpc) is 2.94. The molecule has 0 aliphatic heterocycles. The summed E-state index contributed by atoms with van der Waals surface area (Å²) in [7, 11) is 0. The van der Waals surface area contributed by atoms with E-state index in [-0.39, 0.29) is 19.3 Å². The van der Waals surface area contributed by atoms with E-state index in [1.54, 1.807) is 13.8 Å². The molecule has 152 valence electrons. The van der Waals surface area contributed by atoms with Crippen LogP contribution >= 0.6 is 0 Å². The molecule has 1 aromatic carbocycles. The SMILES string of the molecule is CC(C)(O)C12CC(C(F)(F)[C@@](O)(Cn3cnnn3)c3ccc(F)cc3F)(C1)C2. The monoisotopic (exact) mass is 400 g/mol. The topological polar surface area (TPSA) is 84.1 Å². The fourth-order valence-corrected chi connectivity index (χ4v) is 4.87. The van der Waals surface area contributed by atoms with Gasteiger partial charge in [0.05, 0.1) is 12.1 Å². The summed E-state index contributed by atoms with van der Waals surface area (Å²) >= 11 is 0. The molecule has 10 heteroatoms. The lowest BCUT2D eigenvalue weighted by Gasteiger charge is -2.77. The molecule has 0 saturated heterocycles. The summed E-state index contributed by atoms with van der Waals surface area (Å²) in [5.74, 6) is -6.00. The molecule has 0 radical (unpaired) electrons. The largest absolute Gasteiger partial charge is 0.390 e. The van der Waals surface area contributed by atoms with Crippen LogP contribution in [-0.2, 0) is 12.1 Å². The molecule has 5 rings (SSSR count). The number of aliphatic hydroxyl groups is 2. The van der Waals surface area contributed by atoms with E-state index in [1.165, 1.54) is 0 Å². The van der Waals surface area contributed by atoms with E-state index < -0.39 is 51.7 Å². The summed E-state index contributed by atoms with van der Waals surface area (Å²) < 4.78 is 60.2. The van der Waals surface area contributed by atoms with Gasteiger partial charge in [-0.25, -0.2) is 22.2 Å². The average molecular weight is 400 g/mol. The Kier molecular flexibility index (Phi) is 3.78. The van der Waals surface area contributed by atoms with Crippen LogP contribution < -0.4 is 0 Å². The van der Waals surface area contributed by atoms with Gasteiger partial charge in [-0.15, -0.1) is 5.10 Å². The summed E-state index contributed by atoms with van der Waals surface area (Å²) in [5, 5.41) is 31.7. The predicted octanol–water partition coefficient (Wildman–Crippen LogP) is 2.42. The first-order chi connectivity index (χ1) is 12.9. The Labute approximate surface area is 158 Å². The Hall–Kier alpha value is -2.07. The molecule has 3 aliphatic carbocycles. The van der Waals surface area contributed by atoms with Crippen LogP contribution in [0.5, 0.6) is 0 Å². The normalized spacial score (nSPS) is 29.0. The van der Waals surface area contributed by atoms with Crippen LogP contribution in [0.4, 0.5) is 17.6 Å². The fourth-order valence-electron chi connectivity index (χ4n) is 4.87. The molecule has 0 spiro atoms.